The lowest BCUT2D eigenvalue weighted by Gasteiger charge is -1.99. The van der Waals surface area contributed by atoms with Gasteiger partial charge in [0.05, 0.1) is 5.69 Å². The Morgan fingerprint density at radius 1 is 1.21 bits per heavy atom. The van der Waals surface area contributed by atoms with E-state index in [1.807, 2.05) is 17.0 Å². The minimum absolute atomic E-state index is 0.408. The molecule has 0 aromatic carbocycles. The summed E-state index contributed by atoms with van der Waals surface area (Å²) < 4.78 is 7.58. The third-order valence-electron chi connectivity index (χ3n) is 2.46. The molecule has 76 valence electrons. The number of hydrogen-bond donors (Lipinski definition) is 0. The van der Waals surface area contributed by atoms with Crippen molar-refractivity contribution in [3.63, 3.8) is 0 Å². The molecule has 3 nitrogen and oxygen atoms in total. The van der Waals surface area contributed by atoms with Gasteiger partial charge in [0.1, 0.15) is 18.3 Å². The number of oxazole rings is 1. The SMILES string of the molecule is CC(C)c1ncn2c(C(C)C)coc12. The molecule has 0 bridgehead atoms. The molecule has 2 aromatic heterocycles. The van der Waals surface area contributed by atoms with E-state index in [2.05, 4.69) is 32.7 Å². The van der Waals surface area contributed by atoms with E-state index < -0.39 is 0 Å². The average molecular weight is 192 g/mol. The Bertz CT molecular complexity index is 395. The second-order valence-corrected chi connectivity index (χ2v) is 4.27. The van der Waals surface area contributed by atoms with Crippen LogP contribution in [0, 0.1) is 0 Å². The average Bonchev–Trinajstić information content (AvgIpc) is 2.59. The fourth-order valence-corrected chi connectivity index (χ4v) is 1.64. The first-order chi connectivity index (χ1) is 6.61. The molecule has 0 fully saturated rings. The summed E-state index contributed by atoms with van der Waals surface area (Å²) in [6, 6.07) is 0. The van der Waals surface area contributed by atoms with Crippen LogP contribution in [-0.2, 0) is 0 Å². The Morgan fingerprint density at radius 2 is 1.93 bits per heavy atom. The van der Waals surface area contributed by atoms with Crippen LogP contribution in [0.25, 0.3) is 5.71 Å². The van der Waals surface area contributed by atoms with Gasteiger partial charge in [0, 0.05) is 5.92 Å². The molecule has 14 heavy (non-hydrogen) atoms. The van der Waals surface area contributed by atoms with Gasteiger partial charge < -0.3 is 4.42 Å². The van der Waals surface area contributed by atoms with E-state index in [1.54, 1.807) is 0 Å². The highest BCUT2D eigenvalue weighted by molar-refractivity contribution is 5.44. The van der Waals surface area contributed by atoms with E-state index in [4.69, 9.17) is 4.42 Å². The second-order valence-electron chi connectivity index (χ2n) is 4.27. The summed E-state index contributed by atoms with van der Waals surface area (Å²) >= 11 is 0. The summed E-state index contributed by atoms with van der Waals surface area (Å²) in [5, 5.41) is 0. The van der Waals surface area contributed by atoms with Crippen LogP contribution in [0.15, 0.2) is 17.0 Å². The van der Waals surface area contributed by atoms with Crippen LogP contribution in [0.1, 0.15) is 50.9 Å². The maximum absolute atomic E-state index is 5.54. The van der Waals surface area contributed by atoms with Gasteiger partial charge in [0.2, 0.25) is 5.71 Å². The summed E-state index contributed by atoms with van der Waals surface area (Å²) in [7, 11) is 0. The third-order valence-corrected chi connectivity index (χ3v) is 2.46. The summed E-state index contributed by atoms with van der Waals surface area (Å²) in [5.41, 5.74) is 3.11. The highest BCUT2D eigenvalue weighted by Crippen LogP contribution is 2.24. The van der Waals surface area contributed by atoms with Crippen molar-refractivity contribution in [2.45, 2.75) is 39.5 Å². The van der Waals surface area contributed by atoms with Crippen LogP contribution in [0.4, 0.5) is 0 Å². The molecule has 0 aliphatic rings. The van der Waals surface area contributed by atoms with Crippen molar-refractivity contribution in [2.75, 3.05) is 0 Å². The van der Waals surface area contributed by atoms with Gasteiger partial charge in [-0.3, -0.25) is 4.40 Å². The molecule has 0 saturated heterocycles. The summed E-state index contributed by atoms with van der Waals surface area (Å²) in [6.45, 7) is 8.55. The van der Waals surface area contributed by atoms with E-state index >= 15 is 0 Å². The van der Waals surface area contributed by atoms with Crippen LogP contribution in [0.5, 0.6) is 0 Å². The first-order valence-electron chi connectivity index (χ1n) is 5.05. The Labute approximate surface area is 83.8 Å². The number of nitrogens with zero attached hydrogens (tertiary/aromatic N) is 2. The van der Waals surface area contributed by atoms with Crippen LogP contribution in [0.3, 0.4) is 0 Å². The Kier molecular flexibility index (Phi) is 2.10. The van der Waals surface area contributed by atoms with Crippen LogP contribution in [-0.4, -0.2) is 9.38 Å². The van der Waals surface area contributed by atoms with Gasteiger partial charge in [-0.1, -0.05) is 27.7 Å². The molecule has 0 saturated carbocycles. The number of aromatic nitrogens is 2. The zero-order chi connectivity index (χ0) is 10.3. The monoisotopic (exact) mass is 192 g/mol. The van der Waals surface area contributed by atoms with Crippen molar-refractivity contribution < 1.29 is 4.42 Å². The Balaban J connectivity index is 2.61. The van der Waals surface area contributed by atoms with E-state index in [9.17, 15) is 0 Å². The Morgan fingerprint density at radius 3 is 2.50 bits per heavy atom. The third kappa shape index (κ3) is 1.24. The highest BCUT2D eigenvalue weighted by atomic mass is 16.3. The number of fused-ring (bicyclic) bond motifs is 1. The molecule has 0 atom stereocenters. The van der Waals surface area contributed by atoms with Crippen LogP contribution >= 0.6 is 0 Å². The van der Waals surface area contributed by atoms with Crippen molar-refractivity contribution >= 4 is 5.71 Å². The standard InChI is InChI=1S/C11H16N2O/c1-7(2)9-5-14-11-10(8(3)4)12-6-13(9)11/h5-8H,1-4H3. The lowest BCUT2D eigenvalue weighted by Crippen LogP contribution is -1.91. The molecular formula is C11H16N2O. The maximum atomic E-state index is 5.54. The van der Waals surface area contributed by atoms with Crippen LogP contribution in [0.2, 0.25) is 0 Å². The quantitative estimate of drug-likeness (QED) is 0.731. The molecule has 0 aliphatic carbocycles. The predicted molar refractivity (Wildman–Crippen MR) is 55.6 cm³/mol. The van der Waals surface area contributed by atoms with Crippen molar-refractivity contribution in [2.24, 2.45) is 0 Å². The van der Waals surface area contributed by atoms with Gasteiger partial charge in [-0.15, -0.1) is 0 Å². The lowest BCUT2D eigenvalue weighted by atomic mass is 10.1. The molecule has 0 N–H and O–H groups in total. The van der Waals surface area contributed by atoms with Gasteiger partial charge in [-0.2, -0.15) is 0 Å². The van der Waals surface area contributed by atoms with Crippen molar-refractivity contribution in [1.29, 1.82) is 0 Å². The molecule has 0 radical (unpaired) electrons. The number of hydrogen-bond acceptors (Lipinski definition) is 2. The minimum atomic E-state index is 0.408. The van der Waals surface area contributed by atoms with Gasteiger partial charge in [0.25, 0.3) is 0 Å². The molecule has 3 heteroatoms. The first kappa shape index (κ1) is 9.31. The van der Waals surface area contributed by atoms with Crippen molar-refractivity contribution in [1.82, 2.24) is 9.38 Å². The predicted octanol–water partition coefficient (Wildman–Crippen LogP) is 3.17. The normalized spacial score (nSPS) is 12.1. The van der Waals surface area contributed by atoms with Crippen LogP contribution < -0.4 is 0 Å². The van der Waals surface area contributed by atoms with Gasteiger partial charge in [-0.25, -0.2) is 4.98 Å². The van der Waals surface area contributed by atoms with Crippen molar-refractivity contribution in [3.05, 3.63) is 24.0 Å². The summed E-state index contributed by atoms with van der Waals surface area (Å²) in [6.07, 6.45) is 3.68. The molecular weight excluding hydrogens is 176 g/mol. The molecule has 0 spiro atoms. The number of imidazole rings is 1. The topological polar surface area (TPSA) is 30.4 Å². The molecule has 0 unspecified atom stereocenters. The summed E-state index contributed by atoms with van der Waals surface area (Å²) in [4.78, 5) is 4.37. The molecule has 2 heterocycles. The van der Waals surface area contributed by atoms with E-state index in [-0.39, 0.29) is 0 Å². The molecule has 0 aliphatic heterocycles. The Hall–Kier alpha value is -1.25. The van der Waals surface area contributed by atoms with E-state index in [0.29, 0.717) is 11.8 Å². The molecule has 0 amide bonds. The van der Waals surface area contributed by atoms with Gasteiger partial charge >= 0.3 is 0 Å². The zero-order valence-corrected chi connectivity index (χ0v) is 9.11. The van der Waals surface area contributed by atoms with Crippen molar-refractivity contribution in [3.8, 4) is 0 Å². The van der Waals surface area contributed by atoms with Gasteiger partial charge in [-0.05, 0) is 5.92 Å². The van der Waals surface area contributed by atoms with E-state index in [0.717, 1.165) is 11.4 Å². The molecule has 2 aromatic rings. The maximum Gasteiger partial charge on any atom is 0.226 e. The minimum Gasteiger partial charge on any atom is -0.444 e. The molecule has 2 rings (SSSR count). The summed E-state index contributed by atoms with van der Waals surface area (Å²) in [5.74, 6) is 0.872. The van der Waals surface area contributed by atoms with E-state index in [1.165, 1.54) is 5.69 Å². The zero-order valence-electron chi connectivity index (χ0n) is 9.11. The second kappa shape index (κ2) is 3.15. The fraction of sp³-hybridized carbons (Fsp3) is 0.545. The number of rotatable bonds is 2. The first-order valence-corrected chi connectivity index (χ1v) is 5.05. The highest BCUT2D eigenvalue weighted by Gasteiger charge is 2.15. The van der Waals surface area contributed by atoms with Gasteiger partial charge in [0.15, 0.2) is 0 Å². The smallest absolute Gasteiger partial charge is 0.226 e. The lowest BCUT2D eigenvalue weighted by molar-refractivity contribution is 0.593. The fourth-order valence-electron chi connectivity index (χ4n) is 1.64. The largest absolute Gasteiger partial charge is 0.444 e.